The molecule has 1 unspecified atom stereocenters. The normalized spacial score (nSPS) is 15.8. The van der Waals surface area contributed by atoms with Crippen molar-refractivity contribution in [2.75, 3.05) is 6.54 Å². The number of aliphatic hydroxyl groups is 1. The maximum atomic E-state index is 12.3. The van der Waals surface area contributed by atoms with Gasteiger partial charge >= 0.3 is 6.18 Å². The molecular weight excluding hydrogens is 219 g/mol. The van der Waals surface area contributed by atoms with Gasteiger partial charge in [-0.3, -0.25) is 0 Å². The number of hydrogen-bond donors (Lipinski definition) is 2. The third kappa shape index (κ3) is 3.50. The lowest BCUT2D eigenvalue weighted by atomic mass is 10.1. The summed E-state index contributed by atoms with van der Waals surface area (Å²) in [5, 5.41) is 11.7. The van der Waals surface area contributed by atoms with E-state index in [1.54, 1.807) is 24.3 Å². The summed E-state index contributed by atoms with van der Waals surface area (Å²) in [6.07, 6.45) is -4.61. The number of hydrogen-bond acceptors (Lipinski definition) is 2. The Morgan fingerprint density at radius 2 is 1.75 bits per heavy atom. The van der Waals surface area contributed by atoms with Crippen LogP contribution >= 0.6 is 0 Å². The maximum Gasteiger partial charge on any atom is 0.418 e. The van der Waals surface area contributed by atoms with Crippen molar-refractivity contribution in [3.8, 4) is 0 Å². The SMILES string of the molecule is CC(O)(CNCc1ccccc1)C(F)(F)F. The van der Waals surface area contributed by atoms with Gasteiger partial charge in [-0.1, -0.05) is 30.3 Å². The molecule has 0 aliphatic carbocycles. The minimum absolute atomic E-state index is 0.299. The average molecular weight is 233 g/mol. The fraction of sp³-hybridized carbons (Fsp3) is 0.455. The van der Waals surface area contributed by atoms with Crippen molar-refractivity contribution in [3.63, 3.8) is 0 Å². The quantitative estimate of drug-likeness (QED) is 0.834. The van der Waals surface area contributed by atoms with Gasteiger partial charge in [0.1, 0.15) is 0 Å². The zero-order valence-corrected chi connectivity index (χ0v) is 8.88. The first-order valence-corrected chi connectivity index (χ1v) is 4.87. The molecule has 5 heteroatoms. The summed E-state index contributed by atoms with van der Waals surface area (Å²) in [5.41, 5.74) is -1.82. The van der Waals surface area contributed by atoms with Crippen LogP contribution in [0.3, 0.4) is 0 Å². The van der Waals surface area contributed by atoms with Crippen molar-refractivity contribution < 1.29 is 18.3 Å². The zero-order chi connectivity index (χ0) is 12.2. The van der Waals surface area contributed by atoms with Gasteiger partial charge in [0, 0.05) is 13.1 Å². The Morgan fingerprint density at radius 1 is 1.19 bits per heavy atom. The predicted molar refractivity (Wildman–Crippen MR) is 54.8 cm³/mol. The predicted octanol–water partition coefficient (Wildman–Crippen LogP) is 2.09. The number of rotatable bonds is 4. The summed E-state index contributed by atoms with van der Waals surface area (Å²) < 4.78 is 36.8. The molecule has 1 aromatic carbocycles. The first-order chi connectivity index (χ1) is 7.33. The molecule has 1 rings (SSSR count). The summed E-state index contributed by atoms with van der Waals surface area (Å²) in [4.78, 5) is 0. The Labute approximate surface area is 92.1 Å². The van der Waals surface area contributed by atoms with Crippen molar-refractivity contribution in [2.24, 2.45) is 0 Å². The highest BCUT2D eigenvalue weighted by Crippen LogP contribution is 2.29. The molecule has 2 N–H and O–H groups in total. The van der Waals surface area contributed by atoms with Crippen LogP contribution in [0, 0.1) is 0 Å². The monoisotopic (exact) mass is 233 g/mol. The topological polar surface area (TPSA) is 32.3 Å². The lowest BCUT2D eigenvalue weighted by Gasteiger charge is -2.26. The lowest BCUT2D eigenvalue weighted by molar-refractivity contribution is -0.250. The molecule has 0 saturated carbocycles. The Hall–Kier alpha value is -1.07. The average Bonchev–Trinajstić information content (AvgIpc) is 2.17. The molecule has 90 valence electrons. The summed E-state index contributed by atoms with van der Waals surface area (Å²) in [6.45, 7) is 0.531. The van der Waals surface area contributed by atoms with Gasteiger partial charge in [-0.2, -0.15) is 13.2 Å². The van der Waals surface area contributed by atoms with Crippen LogP contribution in [0.5, 0.6) is 0 Å². The Morgan fingerprint density at radius 3 is 2.25 bits per heavy atom. The van der Waals surface area contributed by atoms with Gasteiger partial charge in [0.15, 0.2) is 5.60 Å². The molecule has 2 nitrogen and oxygen atoms in total. The minimum Gasteiger partial charge on any atom is -0.380 e. The van der Waals surface area contributed by atoms with E-state index in [9.17, 15) is 13.2 Å². The van der Waals surface area contributed by atoms with Gasteiger partial charge in [-0.15, -0.1) is 0 Å². The summed E-state index contributed by atoms with van der Waals surface area (Å²) in [5.74, 6) is 0. The molecule has 0 amide bonds. The molecule has 0 fully saturated rings. The first-order valence-electron chi connectivity index (χ1n) is 4.87. The van der Waals surface area contributed by atoms with E-state index in [-0.39, 0.29) is 0 Å². The molecule has 0 aromatic heterocycles. The van der Waals surface area contributed by atoms with Crippen LogP contribution < -0.4 is 5.32 Å². The zero-order valence-electron chi connectivity index (χ0n) is 8.88. The molecule has 0 aliphatic heterocycles. The highest BCUT2D eigenvalue weighted by molar-refractivity contribution is 5.14. The van der Waals surface area contributed by atoms with E-state index in [0.717, 1.165) is 12.5 Å². The van der Waals surface area contributed by atoms with Gasteiger partial charge in [0.05, 0.1) is 0 Å². The summed E-state index contributed by atoms with van der Waals surface area (Å²) in [7, 11) is 0. The van der Waals surface area contributed by atoms with E-state index in [2.05, 4.69) is 5.32 Å². The van der Waals surface area contributed by atoms with Crippen molar-refractivity contribution in [2.45, 2.75) is 25.2 Å². The number of alkyl halides is 3. The van der Waals surface area contributed by atoms with Crippen LogP contribution in [0.2, 0.25) is 0 Å². The fourth-order valence-electron chi connectivity index (χ4n) is 1.15. The number of nitrogens with one attached hydrogen (secondary N) is 1. The van der Waals surface area contributed by atoms with Gasteiger partial charge in [0.25, 0.3) is 0 Å². The molecule has 0 radical (unpaired) electrons. The molecule has 0 saturated heterocycles. The van der Waals surface area contributed by atoms with Crippen LogP contribution in [-0.2, 0) is 6.54 Å². The number of halogens is 3. The van der Waals surface area contributed by atoms with Crippen LogP contribution in [0.1, 0.15) is 12.5 Å². The molecule has 1 atom stereocenters. The van der Waals surface area contributed by atoms with Gasteiger partial charge in [-0.05, 0) is 12.5 Å². The highest BCUT2D eigenvalue weighted by atomic mass is 19.4. The smallest absolute Gasteiger partial charge is 0.380 e. The third-order valence-electron chi connectivity index (χ3n) is 2.25. The van der Waals surface area contributed by atoms with E-state index < -0.39 is 18.3 Å². The van der Waals surface area contributed by atoms with Crippen LogP contribution in [0.25, 0.3) is 0 Å². The largest absolute Gasteiger partial charge is 0.418 e. The second-order valence-electron chi connectivity index (χ2n) is 3.86. The Balaban J connectivity index is 2.42. The molecule has 0 aliphatic rings. The van der Waals surface area contributed by atoms with Crippen molar-refractivity contribution in [3.05, 3.63) is 35.9 Å². The van der Waals surface area contributed by atoms with Crippen molar-refractivity contribution in [1.29, 1.82) is 0 Å². The molecule has 0 heterocycles. The molecular formula is C11H14F3NO. The fourth-order valence-corrected chi connectivity index (χ4v) is 1.15. The molecule has 0 bridgehead atoms. The van der Waals surface area contributed by atoms with E-state index in [1.807, 2.05) is 6.07 Å². The van der Waals surface area contributed by atoms with Gasteiger partial charge in [0.2, 0.25) is 0 Å². The minimum atomic E-state index is -4.61. The van der Waals surface area contributed by atoms with E-state index in [0.29, 0.717) is 6.54 Å². The summed E-state index contributed by atoms with van der Waals surface area (Å²) >= 11 is 0. The van der Waals surface area contributed by atoms with Crippen LogP contribution in [0.4, 0.5) is 13.2 Å². The summed E-state index contributed by atoms with van der Waals surface area (Å²) in [6, 6.07) is 9.04. The third-order valence-corrected chi connectivity index (χ3v) is 2.25. The lowest BCUT2D eigenvalue weighted by Crippen LogP contribution is -2.49. The first kappa shape index (κ1) is 13.0. The van der Waals surface area contributed by atoms with Crippen molar-refractivity contribution in [1.82, 2.24) is 5.32 Å². The van der Waals surface area contributed by atoms with Crippen LogP contribution in [-0.4, -0.2) is 23.4 Å². The maximum absolute atomic E-state index is 12.3. The second kappa shape index (κ2) is 4.84. The standard InChI is InChI=1S/C11H14F3NO/c1-10(16,11(12,13)14)8-15-7-9-5-3-2-4-6-9/h2-6,15-16H,7-8H2,1H3. The van der Waals surface area contributed by atoms with Crippen LogP contribution in [0.15, 0.2) is 30.3 Å². The van der Waals surface area contributed by atoms with Gasteiger partial charge < -0.3 is 10.4 Å². The second-order valence-corrected chi connectivity index (χ2v) is 3.86. The Bertz CT molecular complexity index is 322. The van der Waals surface area contributed by atoms with Gasteiger partial charge in [-0.25, -0.2) is 0 Å². The van der Waals surface area contributed by atoms with E-state index >= 15 is 0 Å². The Kier molecular flexibility index (Phi) is 3.93. The van der Waals surface area contributed by atoms with Crippen molar-refractivity contribution >= 4 is 0 Å². The highest BCUT2D eigenvalue weighted by Gasteiger charge is 2.49. The molecule has 16 heavy (non-hydrogen) atoms. The number of benzene rings is 1. The molecule has 0 spiro atoms. The van der Waals surface area contributed by atoms with E-state index in [4.69, 9.17) is 5.11 Å². The molecule has 1 aromatic rings. The van der Waals surface area contributed by atoms with E-state index in [1.165, 1.54) is 0 Å².